The van der Waals surface area contributed by atoms with E-state index in [-0.39, 0.29) is 12.5 Å². The van der Waals surface area contributed by atoms with Gasteiger partial charge < -0.3 is 20.7 Å². The molecule has 1 unspecified atom stereocenters. The molecule has 1 atom stereocenters. The zero-order valence-corrected chi connectivity index (χ0v) is 14.2. The van der Waals surface area contributed by atoms with Crippen molar-refractivity contribution in [3.8, 4) is 0 Å². The van der Waals surface area contributed by atoms with E-state index in [1.165, 1.54) is 7.11 Å². The lowest BCUT2D eigenvalue weighted by Crippen LogP contribution is -2.51. The van der Waals surface area contributed by atoms with Crippen LogP contribution in [0.2, 0.25) is 0 Å². The quantitative estimate of drug-likeness (QED) is 0.685. The second-order valence-electron chi connectivity index (χ2n) is 5.52. The maximum absolute atomic E-state index is 12.3. The molecule has 0 radical (unpaired) electrons. The number of carbonyl (C=O) groups is 2. The van der Waals surface area contributed by atoms with Crippen LogP contribution in [0.1, 0.15) is 11.1 Å². The van der Waals surface area contributed by atoms with Crippen molar-refractivity contribution in [1.29, 1.82) is 0 Å². The van der Waals surface area contributed by atoms with Crippen LogP contribution in [0, 0.1) is 0 Å². The molecule has 2 rings (SSSR count). The average molecular weight is 341 g/mol. The molecule has 0 bridgehead atoms. The van der Waals surface area contributed by atoms with Crippen molar-refractivity contribution >= 4 is 11.9 Å². The molecular weight excluding hydrogens is 318 g/mol. The first kappa shape index (κ1) is 18.5. The summed E-state index contributed by atoms with van der Waals surface area (Å²) in [5.41, 5.74) is 1.97. The van der Waals surface area contributed by atoms with Crippen LogP contribution in [0.15, 0.2) is 60.7 Å². The third-order valence-electron chi connectivity index (χ3n) is 3.56. The summed E-state index contributed by atoms with van der Waals surface area (Å²) in [5, 5.41) is 8.17. The number of rotatable bonds is 8. The van der Waals surface area contributed by atoms with E-state index in [1.54, 1.807) is 0 Å². The molecule has 6 heteroatoms. The summed E-state index contributed by atoms with van der Waals surface area (Å²) in [6, 6.07) is 17.9. The van der Waals surface area contributed by atoms with Gasteiger partial charge in [-0.1, -0.05) is 60.7 Å². The molecule has 0 saturated carbocycles. The first-order chi connectivity index (χ1) is 12.2. The molecule has 0 aliphatic rings. The number of hydrogen-bond acceptors (Lipinski definition) is 3. The van der Waals surface area contributed by atoms with Crippen molar-refractivity contribution in [2.45, 2.75) is 19.1 Å². The highest BCUT2D eigenvalue weighted by Crippen LogP contribution is 1.99. The number of methoxy groups -OCH3 is 1. The van der Waals surface area contributed by atoms with Gasteiger partial charge in [-0.05, 0) is 11.1 Å². The van der Waals surface area contributed by atoms with Crippen molar-refractivity contribution in [2.24, 2.45) is 0 Å². The minimum absolute atomic E-state index is 0.0966. The van der Waals surface area contributed by atoms with E-state index < -0.39 is 12.1 Å². The summed E-state index contributed by atoms with van der Waals surface area (Å²) in [4.78, 5) is 24.3. The number of ether oxygens (including phenoxy) is 1. The second kappa shape index (κ2) is 10.1. The molecule has 3 N–H and O–H groups in total. The number of hydrogen-bond donors (Lipinski definition) is 3. The van der Waals surface area contributed by atoms with Gasteiger partial charge in [0, 0.05) is 20.2 Å². The van der Waals surface area contributed by atoms with Crippen LogP contribution in [0.3, 0.4) is 0 Å². The Kier molecular flexibility index (Phi) is 7.46. The number of nitrogens with one attached hydrogen (secondary N) is 3. The molecule has 2 aromatic carbocycles. The van der Waals surface area contributed by atoms with Crippen molar-refractivity contribution in [1.82, 2.24) is 16.0 Å². The Bertz CT molecular complexity index is 662. The fourth-order valence-electron chi connectivity index (χ4n) is 2.25. The predicted octanol–water partition coefficient (Wildman–Crippen LogP) is 1.82. The smallest absolute Gasteiger partial charge is 0.315 e. The number of carbonyl (C=O) groups excluding carboxylic acids is 2. The summed E-state index contributed by atoms with van der Waals surface area (Å²) < 4.78 is 5.04. The lowest BCUT2D eigenvalue weighted by molar-refractivity contribution is -0.124. The average Bonchev–Trinajstić information content (AvgIpc) is 2.66. The van der Waals surface area contributed by atoms with Gasteiger partial charge in [0.25, 0.3) is 0 Å². The summed E-state index contributed by atoms with van der Waals surface area (Å²) >= 11 is 0. The second-order valence-corrected chi connectivity index (χ2v) is 5.52. The topological polar surface area (TPSA) is 79.5 Å². The summed E-state index contributed by atoms with van der Waals surface area (Å²) in [5.74, 6) is -0.291. The van der Waals surface area contributed by atoms with Crippen LogP contribution < -0.4 is 16.0 Å². The van der Waals surface area contributed by atoms with Crippen molar-refractivity contribution in [3.05, 3.63) is 71.8 Å². The maximum Gasteiger partial charge on any atom is 0.315 e. The van der Waals surface area contributed by atoms with E-state index in [0.29, 0.717) is 13.1 Å². The largest absolute Gasteiger partial charge is 0.382 e. The third kappa shape index (κ3) is 6.64. The van der Waals surface area contributed by atoms with Gasteiger partial charge in [-0.2, -0.15) is 0 Å². The standard InChI is InChI=1S/C19H23N3O3/c1-25-14-17(18(23)20-12-15-8-4-2-5-9-15)22-19(24)21-13-16-10-6-3-7-11-16/h2-11,17H,12-14H2,1H3,(H,20,23)(H2,21,22,24). The highest BCUT2D eigenvalue weighted by molar-refractivity contribution is 5.87. The molecule has 132 valence electrons. The highest BCUT2D eigenvalue weighted by atomic mass is 16.5. The molecule has 0 aliphatic heterocycles. The maximum atomic E-state index is 12.3. The van der Waals surface area contributed by atoms with E-state index in [4.69, 9.17) is 4.74 Å². The third-order valence-corrected chi connectivity index (χ3v) is 3.56. The molecule has 0 aliphatic carbocycles. The van der Waals surface area contributed by atoms with Crippen LogP contribution in [-0.2, 0) is 22.6 Å². The van der Waals surface area contributed by atoms with E-state index in [2.05, 4.69) is 16.0 Å². The number of urea groups is 1. The van der Waals surface area contributed by atoms with Crippen molar-refractivity contribution in [2.75, 3.05) is 13.7 Å². The van der Waals surface area contributed by atoms with Gasteiger partial charge in [-0.25, -0.2) is 4.79 Å². The van der Waals surface area contributed by atoms with E-state index in [9.17, 15) is 9.59 Å². The van der Waals surface area contributed by atoms with Crippen LogP contribution >= 0.6 is 0 Å². The monoisotopic (exact) mass is 341 g/mol. The normalized spacial score (nSPS) is 11.4. The van der Waals surface area contributed by atoms with Crippen LogP contribution in [0.5, 0.6) is 0 Å². The lowest BCUT2D eigenvalue weighted by Gasteiger charge is -2.18. The zero-order valence-electron chi connectivity index (χ0n) is 14.2. The van der Waals surface area contributed by atoms with E-state index in [0.717, 1.165) is 11.1 Å². The molecule has 3 amide bonds. The van der Waals surface area contributed by atoms with Gasteiger partial charge in [-0.3, -0.25) is 4.79 Å². The zero-order chi connectivity index (χ0) is 17.9. The molecule has 0 fully saturated rings. The molecule has 0 aromatic heterocycles. The highest BCUT2D eigenvalue weighted by Gasteiger charge is 2.20. The van der Waals surface area contributed by atoms with Crippen molar-refractivity contribution < 1.29 is 14.3 Å². The SMILES string of the molecule is COCC(NC(=O)NCc1ccccc1)C(=O)NCc1ccccc1. The summed E-state index contributed by atoms with van der Waals surface area (Å²) in [7, 11) is 1.49. The predicted molar refractivity (Wildman–Crippen MR) is 95.8 cm³/mol. The summed E-state index contributed by atoms with van der Waals surface area (Å²) in [6.07, 6.45) is 0. The van der Waals surface area contributed by atoms with Gasteiger partial charge in [0.1, 0.15) is 6.04 Å². The number of amides is 3. The Hall–Kier alpha value is -2.86. The van der Waals surface area contributed by atoms with E-state index in [1.807, 2.05) is 60.7 Å². The molecule has 0 saturated heterocycles. The van der Waals surface area contributed by atoms with Crippen LogP contribution in [-0.4, -0.2) is 31.7 Å². The fourth-order valence-corrected chi connectivity index (χ4v) is 2.25. The minimum atomic E-state index is -0.760. The molecule has 2 aromatic rings. The lowest BCUT2D eigenvalue weighted by atomic mass is 10.2. The Morgan fingerprint density at radius 1 is 0.880 bits per heavy atom. The molecular formula is C19H23N3O3. The fraction of sp³-hybridized carbons (Fsp3) is 0.263. The van der Waals surface area contributed by atoms with Gasteiger partial charge in [0.15, 0.2) is 0 Å². The van der Waals surface area contributed by atoms with Crippen LogP contribution in [0.4, 0.5) is 4.79 Å². The molecule has 25 heavy (non-hydrogen) atoms. The van der Waals surface area contributed by atoms with Crippen molar-refractivity contribution in [3.63, 3.8) is 0 Å². The van der Waals surface area contributed by atoms with Gasteiger partial charge >= 0.3 is 6.03 Å². The number of benzene rings is 2. The molecule has 0 spiro atoms. The van der Waals surface area contributed by atoms with Crippen LogP contribution in [0.25, 0.3) is 0 Å². The molecule has 6 nitrogen and oxygen atoms in total. The Balaban J connectivity index is 1.81. The van der Waals surface area contributed by atoms with Gasteiger partial charge in [-0.15, -0.1) is 0 Å². The Morgan fingerprint density at radius 2 is 1.40 bits per heavy atom. The minimum Gasteiger partial charge on any atom is -0.382 e. The molecule has 0 heterocycles. The first-order valence-corrected chi connectivity index (χ1v) is 8.08. The first-order valence-electron chi connectivity index (χ1n) is 8.08. The van der Waals surface area contributed by atoms with Gasteiger partial charge in [0.2, 0.25) is 5.91 Å². The Morgan fingerprint density at radius 3 is 1.92 bits per heavy atom. The van der Waals surface area contributed by atoms with Gasteiger partial charge in [0.05, 0.1) is 6.61 Å². The summed E-state index contributed by atoms with van der Waals surface area (Å²) in [6.45, 7) is 0.880. The van der Waals surface area contributed by atoms with E-state index >= 15 is 0 Å². The Labute approximate surface area is 147 Å².